The van der Waals surface area contributed by atoms with Gasteiger partial charge < -0.3 is 10.6 Å². The lowest BCUT2D eigenvalue weighted by atomic mass is 10.1. The zero-order valence-corrected chi connectivity index (χ0v) is 13.9. The number of nitrogens with zero attached hydrogens (tertiary/aromatic N) is 3. The number of benzene rings is 1. The fraction of sp³-hybridized carbons (Fsp3) is 0.235. The van der Waals surface area contributed by atoms with E-state index in [2.05, 4.69) is 9.97 Å². The fourth-order valence-corrected chi connectivity index (χ4v) is 3.49. The summed E-state index contributed by atoms with van der Waals surface area (Å²) in [6, 6.07) is 9.89. The molecular formula is C17H18N4OS. The standard InChI is InChI=1S/C17H18N4OS/c1-3-13-15(23-17(18)20-13)16(22)21(2)10-11-8-9-19-14-7-5-4-6-12(11)14/h4-9H,3,10H2,1-2H3,(H2,18,20). The first-order chi connectivity index (χ1) is 11.1. The first-order valence-electron chi connectivity index (χ1n) is 7.43. The summed E-state index contributed by atoms with van der Waals surface area (Å²) < 4.78 is 0. The van der Waals surface area contributed by atoms with E-state index in [1.54, 1.807) is 18.1 Å². The van der Waals surface area contributed by atoms with Crippen LogP contribution in [0, 0.1) is 0 Å². The molecule has 2 N–H and O–H groups in total. The van der Waals surface area contributed by atoms with Gasteiger partial charge in [-0.1, -0.05) is 36.5 Å². The van der Waals surface area contributed by atoms with Crippen molar-refractivity contribution in [1.29, 1.82) is 0 Å². The Morgan fingerprint density at radius 3 is 2.87 bits per heavy atom. The number of fused-ring (bicyclic) bond motifs is 1. The number of anilines is 1. The maximum Gasteiger partial charge on any atom is 0.265 e. The molecule has 118 valence electrons. The van der Waals surface area contributed by atoms with Gasteiger partial charge in [-0.15, -0.1) is 0 Å². The van der Waals surface area contributed by atoms with Crippen molar-refractivity contribution in [2.75, 3.05) is 12.8 Å². The number of hydrogen-bond acceptors (Lipinski definition) is 5. The Morgan fingerprint density at radius 2 is 2.09 bits per heavy atom. The summed E-state index contributed by atoms with van der Waals surface area (Å²) in [7, 11) is 1.80. The number of rotatable bonds is 4. The van der Waals surface area contributed by atoms with Crippen LogP contribution in [0.25, 0.3) is 10.9 Å². The number of carbonyl (C=O) groups is 1. The van der Waals surface area contributed by atoms with Gasteiger partial charge >= 0.3 is 0 Å². The van der Waals surface area contributed by atoms with Crippen molar-refractivity contribution in [3.05, 3.63) is 52.7 Å². The molecule has 0 saturated carbocycles. The fourth-order valence-electron chi connectivity index (χ4n) is 2.57. The predicted octanol–water partition coefficient (Wildman–Crippen LogP) is 3.11. The van der Waals surface area contributed by atoms with Gasteiger partial charge in [0.1, 0.15) is 4.88 Å². The summed E-state index contributed by atoms with van der Waals surface area (Å²) in [5.41, 5.74) is 8.52. The van der Waals surface area contributed by atoms with E-state index in [0.717, 1.165) is 22.2 Å². The number of nitrogen functional groups attached to an aromatic ring is 1. The molecule has 23 heavy (non-hydrogen) atoms. The molecule has 1 amide bonds. The molecule has 0 unspecified atom stereocenters. The van der Waals surface area contributed by atoms with E-state index in [4.69, 9.17) is 5.73 Å². The highest BCUT2D eigenvalue weighted by molar-refractivity contribution is 7.17. The Kier molecular flexibility index (Phi) is 4.25. The van der Waals surface area contributed by atoms with Crippen molar-refractivity contribution < 1.29 is 4.79 Å². The number of para-hydroxylation sites is 1. The molecule has 0 atom stereocenters. The smallest absolute Gasteiger partial charge is 0.265 e. The second kappa shape index (κ2) is 6.34. The van der Waals surface area contributed by atoms with Crippen LogP contribution in [0.15, 0.2) is 36.5 Å². The monoisotopic (exact) mass is 326 g/mol. The summed E-state index contributed by atoms with van der Waals surface area (Å²) in [5, 5.41) is 1.50. The first-order valence-corrected chi connectivity index (χ1v) is 8.25. The Bertz CT molecular complexity index is 853. The second-order valence-electron chi connectivity index (χ2n) is 5.33. The molecular weight excluding hydrogens is 308 g/mol. The van der Waals surface area contributed by atoms with Crippen LogP contribution >= 0.6 is 11.3 Å². The molecule has 0 spiro atoms. The van der Waals surface area contributed by atoms with Crippen LogP contribution in [0.5, 0.6) is 0 Å². The minimum absolute atomic E-state index is 0.0445. The van der Waals surface area contributed by atoms with Gasteiger partial charge in [-0.05, 0) is 24.1 Å². The SMILES string of the molecule is CCc1nc(N)sc1C(=O)N(C)Cc1ccnc2ccccc12. The molecule has 6 heteroatoms. The van der Waals surface area contributed by atoms with Crippen LogP contribution in [0.1, 0.15) is 27.9 Å². The van der Waals surface area contributed by atoms with E-state index in [-0.39, 0.29) is 5.91 Å². The lowest BCUT2D eigenvalue weighted by Crippen LogP contribution is -2.26. The van der Waals surface area contributed by atoms with Crippen molar-refractivity contribution in [3.63, 3.8) is 0 Å². The van der Waals surface area contributed by atoms with Crippen molar-refractivity contribution in [3.8, 4) is 0 Å². The van der Waals surface area contributed by atoms with Crippen LogP contribution in [-0.4, -0.2) is 27.8 Å². The van der Waals surface area contributed by atoms with Crippen molar-refractivity contribution >= 4 is 33.3 Å². The van der Waals surface area contributed by atoms with Crippen LogP contribution in [0.4, 0.5) is 5.13 Å². The van der Waals surface area contributed by atoms with Gasteiger partial charge in [0.15, 0.2) is 5.13 Å². The number of thiazole rings is 1. The number of hydrogen-bond donors (Lipinski definition) is 1. The molecule has 2 aromatic heterocycles. The van der Waals surface area contributed by atoms with Gasteiger partial charge in [0.25, 0.3) is 5.91 Å². The average Bonchev–Trinajstić information content (AvgIpc) is 2.95. The predicted molar refractivity (Wildman–Crippen MR) is 93.4 cm³/mol. The normalized spacial score (nSPS) is 10.9. The summed E-state index contributed by atoms with van der Waals surface area (Å²) in [6.07, 6.45) is 2.47. The largest absolute Gasteiger partial charge is 0.375 e. The number of aromatic nitrogens is 2. The highest BCUT2D eigenvalue weighted by Gasteiger charge is 2.20. The van der Waals surface area contributed by atoms with E-state index in [1.165, 1.54) is 11.3 Å². The average molecular weight is 326 g/mol. The van der Waals surface area contributed by atoms with Gasteiger partial charge in [-0.25, -0.2) is 4.98 Å². The van der Waals surface area contributed by atoms with Crippen LogP contribution < -0.4 is 5.73 Å². The number of aryl methyl sites for hydroxylation is 1. The highest BCUT2D eigenvalue weighted by atomic mass is 32.1. The summed E-state index contributed by atoms with van der Waals surface area (Å²) in [5.74, 6) is -0.0445. The van der Waals surface area contributed by atoms with Gasteiger partial charge in [-0.2, -0.15) is 0 Å². The van der Waals surface area contributed by atoms with Crippen LogP contribution in [0.3, 0.4) is 0 Å². The minimum Gasteiger partial charge on any atom is -0.375 e. The minimum atomic E-state index is -0.0445. The number of nitrogens with two attached hydrogens (primary N) is 1. The molecule has 0 aliphatic carbocycles. The summed E-state index contributed by atoms with van der Waals surface area (Å²) >= 11 is 1.25. The number of pyridine rings is 1. The molecule has 0 fully saturated rings. The Labute approximate surface area is 138 Å². The molecule has 3 aromatic rings. The van der Waals surface area contributed by atoms with Crippen LogP contribution in [0.2, 0.25) is 0 Å². The first kappa shape index (κ1) is 15.4. The molecule has 3 rings (SSSR count). The van der Waals surface area contributed by atoms with E-state index in [0.29, 0.717) is 23.0 Å². The third-order valence-corrected chi connectivity index (χ3v) is 4.65. The van der Waals surface area contributed by atoms with Crippen molar-refractivity contribution in [2.24, 2.45) is 0 Å². The van der Waals surface area contributed by atoms with E-state index < -0.39 is 0 Å². The van der Waals surface area contributed by atoms with E-state index in [9.17, 15) is 4.79 Å². The highest BCUT2D eigenvalue weighted by Crippen LogP contribution is 2.24. The number of amides is 1. The zero-order valence-electron chi connectivity index (χ0n) is 13.1. The maximum atomic E-state index is 12.7. The summed E-state index contributed by atoms with van der Waals surface area (Å²) in [4.78, 5) is 23.6. The quantitative estimate of drug-likeness (QED) is 0.799. The van der Waals surface area contributed by atoms with Crippen molar-refractivity contribution in [1.82, 2.24) is 14.9 Å². The van der Waals surface area contributed by atoms with Gasteiger partial charge in [0.05, 0.1) is 11.2 Å². The molecule has 0 radical (unpaired) electrons. The zero-order chi connectivity index (χ0) is 16.4. The third kappa shape index (κ3) is 3.03. The Hall–Kier alpha value is -2.47. The lowest BCUT2D eigenvalue weighted by molar-refractivity contribution is 0.0789. The third-order valence-electron chi connectivity index (χ3n) is 3.74. The molecule has 1 aromatic carbocycles. The summed E-state index contributed by atoms with van der Waals surface area (Å²) in [6.45, 7) is 2.49. The van der Waals surface area contributed by atoms with Gasteiger partial charge in [-0.3, -0.25) is 9.78 Å². The van der Waals surface area contributed by atoms with Gasteiger partial charge in [0, 0.05) is 25.2 Å². The molecule has 0 saturated heterocycles. The Balaban J connectivity index is 1.88. The Morgan fingerprint density at radius 1 is 1.30 bits per heavy atom. The van der Waals surface area contributed by atoms with Gasteiger partial charge in [0.2, 0.25) is 0 Å². The number of carbonyl (C=O) groups excluding carboxylic acids is 1. The lowest BCUT2D eigenvalue weighted by Gasteiger charge is -2.18. The maximum absolute atomic E-state index is 12.7. The van der Waals surface area contributed by atoms with Crippen LogP contribution in [-0.2, 0) is 13.0 Å². The van der Waals surface area contributed by atoms with E-state index >= 15 is 0 Å². The molecule has 2 heterocycles. The topological polar surface area (TPSA) is 72.1 Å². The van der Waals surface area contributed by atoms with E-state index in [1.807, 2.05) is 37.3 Å². The molecule has 5 nitrogen and oxygen atoms in total. The second-order valence-corrected chi connectivity index (χ2v) is 6.36. The van der Waals surface area contributed by atoms with Crippen molar-refractivity contribution in [2.45, 2.75) is 19.9 Å². The molecule has 0 aliphatic heterocycles. The molecule has 0 bridgehead atoms. The molecule has 0 aliphatic rings.